The molecule has 10 heteroatoms. The van der Waals surface area contributed by atoms with Crippen molar-refractivity contribution in [2.45, 2.75) is 52.1 Å². The van der Waals surface area contributed by atoms with Crippen LogP contribution in [0.15, 0.2) is 60.7 Å². The van der Waals surface area contributed by atoms with Crippen molar-refractivity contribution in [3.63, 3.8) is 0 Å². The summed E-state index contributed by atoms with van der Waals surface area (Å²) in [6.07, 6.45) is -4.79. The van der Waals surface area contributed by atoms with E-state index in [-0.39, 0.29) is 12.5 Å². The zero-order chi connectivity index (χ0) is 30.8. The number of nitrogens with zero attached hydrogens (tertiary/aromatic N) is 2. The van der Waals surface area contributed by atoms with Crippen LogP contribution in [-0.4, -0.2) is 67.4 Å². The first-order valence-corrected chi connectivity index (χ1v) is 14.6. The Morgan fingerprint density at radius 1 is 0.953 bits per heavy atom. The van der Waals surface area contributed by atoms with Gasteiger partial charge in [0.1, 0.15) is 11.5 Å². The maximum absolute atomic E-state index is 13.5. The Balaban J connectivity index is 1.33. The number of carbonyl (C=O) groups excluding carboxylic acids is 2. The molecule has 43 heavy (non-hydrogen) atoms. The third-order valence-electron chi connectivity index (χ3n) is 8.46. The first kappa shape index (κ1) is 30.7. The average molecular weight is 599 g/mol. The minimum atomic E-state index is -5.11. The molecule has 5 rings (SSSR count). The van der Waals surface area contributed by atoms with Gasteiger partial charge < -0.3 is 19.1 Å². The zero-order valence-corrected chi connectivity index (χ0v) is 24.7. The minimum Gasteiger partial charge on any atom is -0.497 e. The van der Waals surface area contributed by atoms with Gasteiger partial charge in [0.2, 0.25) is 0 Å². The number of piperidine rings is 1. The molecular weight excluding hydrogens is 561 g/mol. The maximum Gasteiger partial charge on any atom is 0.490 e. The second kappa shape index (κ2) is 12.4. The predicted octanol–water partition coefficient (Wildman–Crippen LogP) is 6.44. The van der Waals surface area contributed by atoms with E-state index in [1.165, 1.54) is 0 Å². The quantitative estimate of drug-likeness (QED) is 0.278. The number of esters is 1. The Labute approximate surface area is 249 Å². The van der Waals surface area contributed by atoms with Gasteiger partial charge in [-0.15, -0.1) is 0 Å². The van der Waals surface area contributed by atoms with Crippen molar-refractivity contribution in [1.82, 2.24) is 9.80 Å². The molecule has 3 aromatic rings. The van der Waals surface area contributed by atoms with E-state index in [1.54, 1.807) is 23.0 Å². The second-order valence-corrected chi connectivity index (χ2v) is 11.9. The molecule has 0 bridgehead atoms. The van der Waals surface area contributed by atoms with Crippen molar-refractivity contribution in [2.24, 2.45) is 11.3 Å². The fourth-order valence-corrected chi connectivity index (χ4v) is 6.09. The lowest BCUT2D eigenvalue weighted by molar-refractivity contribution is -0.220. The number of hydrogen-bond acceptors (Lipinski definition) is 6. The van der Waals surface area contributed by atoms with Crippen LogP contribution in [0.2, 0.25) is 0 Å². The predicted molar refractivity (Wildman–Crippen MR) is 156 cm³/mol. The van der Waals surface area contributed by atoms with Gasteiger partial charge in [-0.2, -0.15) is 13.2 Å². The monoisotopic (exact) mass is 598 g/mol. The summed E-state index contributed by atoms with van der Waals surface area (Å²) in [5.41, 5.74) is 0.653. The number of hydrogen-bond donors (Lipinski definition) is 0. The summed E-state index contributed by atoms with van der Waals surface area (Å²) in [5, 5.41) is 1.85. The number of rotatable bonds is 8. The van der Waals surface area contributed by atoms with E-state index in [9.17, 15) is 22.8 Å². The Morgan fingerprint density at radius 3 is 2.33 bits per heavy atom. The number of para-hydroxylation sites is 1. The lowest BCUT2D eigenvalue weighted by Crippen LogP contribution is -2.51. The lowest BCUT2D eigenvalue weighted by atomic mass is 9.76. The molecule has 2 fully saturated rings. The van der Waals surface area contributed by atoms with E-state index in [2.05, 4.69) is 0 Å². The summed E-state index contributed by atoms with van der Waals surface area (Å²) in [6.45, 7) is 6.00. The highest BCUT2D eigenvalue weighted by Gasteiger charge is 2.54. The fraction of sp³-hybridized carbons (Fsp3) is 0.455. The van der Waals surface area contributed by atoms with Crippen LogP contribution in [-0.2, 0) is 16.1 Å². The summed E-state index contributed by atoms with van der Waals surface area (Å²) < 4.78 is 56.7. The molecular formula is C33H37F3N2O5. The van der Waals surface area contributed by atoms with Crippen molar-refractivity contribution in [3.05, 3.63) is 71.8 Å². The summed E-state index contributed by atoms with van der Waals surface area (Å²) in [5.74, 6) is -0.644. The van der Waals surface area contributed by atoms with Crippen LogP contribution in [0.1, 0.15) is 49.0 Å². The van der Waals surface area contributed by atoms with Crippen LogP contribution in [0.4, 0.5) is 13.2 Å². The third kappa shape index (κ3) is 6.74. The summed E-state index contributed by atoms with van der Waals surface area (Å²) >= 11 is 0. The van der Waals surface area contributed by atoms with Gasteiger partial charge in [-0.3, -0.25) is 9.69 Å². The number of methoxy groups -OCH3 is 1. The van der Waals surface area contributed by atoms with Gasteiger partial charge in [-0.25, -0.2) is 4.79 Å². The van der Waals surface area contributed by atoms with Gasteiger partial charge in [0.15, 0.2) is 6.23 Å². The van der Waals surface area contributed by atoms with Crippen LogP contribution >= 0.6 is 0 Å². The molecule has 0 N–H and O–H groups in total. The van der Waals surface area contributed by atoms with E-state index in [0.29, 0.717) is 62.7 Å². The van der Waals surface area contributed by atoms with Crippen molar-refractivity contribution in [2.75, 3.05) is 33.4 Å². The van der Waals surface area contributed by atoms with Gasteiger partial charge in [0.05, 0.1) is 13.7 Å². The molecule has 7 nitrogen and oxygen atoms in total. The summed E-state index contributed by atoms with van der Waals surface area (Å²) in [6, 6.07) is 18.6. The molecule has 3 aromatic carbocycles. The van der Waals surface area contributed by atoms with E-state index >= 15 is 0 Å². The number of alkyl halides is 3. The number of likely N-dealkylation sites (tertiary alicyclic amines) is 2. The zero-order valence-electron chi connectivity index (χ0n) is 24.7. The average Bonchev–Trinajstić information content (AvgIpc) is 3.31. The van der Waals surface area contributed by atoms with Crippen molar-refractivity contribution in [3.8, 4) is 11.5 Å². The van der Waals surface area contributed by atoms with Crippen molar-refractivity contribution >= 4 is 22.6 Å². The fourth-order valence-electron chi connectivity index (χ4n) is 6.09. The molecule has 0 aromatic heterocycles. The van der Waals surface area contributed by atoms with Crippen molar-refractivity contribution < 1.29 is 37.0 Å². The number of fused-ring (bicyclic) bond motifs is 1. The highest BCUT2D eigenvalue weighted by Crippen LogP contribution is 2.47. The van der Waals surface area contributed by atoms with Gasteiger partial charge >= 0.3 is 12.1 Å². The molecule has 2 aliphatic heterocycles. The summed E-state index contributed by atoms with van der Waals surface area (Å²) in [7, 11) is 1.60. The van der Waals surface area contributed by atoms with Crippen LogP contribution in [0.3, 0.4) is 0 Å². The third-order valence-corrected chi connectivity index (χ3v) is 8.46. The lowest BCUT2D eigenvalue weighted by Gasteiger charge is -2.43. The normalized spacial score (nSPS) is 18.8. The molecule has 0 aliphatic carbocycles. The first-order chi connectivity index (χ1) is 20.5. The molecule has 1 unspecified atom stereocenters. The molecule has 1 atom stereocenters. The van der Waals surface area contributed by atoms with Crippen LogP contribution < -0.4 is 9.47 Å². The van der Waals surface area contributed by atoms with E-state index in [1.807, 2.05) is 68.4 Å². The second-order valence-electron chi connectivity index (χ2n) is 11.9. The molecule has 2 heterocycles. The highest BCUT2D eigenvalue weighted by molar-refractivity contribution is 5.98. The SMILES string of the molecule is COc1ccc2cc(C(=O)N3CCC4(CC3)CCN(Cc3ccccc3OCC(C)C)C4OC(=O)C(F)(F)F)ccc2c1. The van der Waals surface area contributed by atoms with E-state index < -0.39 is 23.8 Å². The van der Waals surface area contributed by atoms with Gasteiger partial charge in [0, 0.05) is 42.7 Å². The number of benzene rings is 3. The molecule has 2 saturated heterocycles. The molecule has 0 radical (unpaired) electrons. The maximum atomic E-state index is 13.5. The molecule has 1 spiro atoms. The Bertz CT molecular complexity index is 1470. The van der Waals surface area contributed by atoms with Crippen molar-refractivity contribution in [1.29, 1.82) is 0 Å². The largest absolute Gasteiger partial charge is 0.497 e. The number of ether oxygens (including phenoxy) is 3. The van der Waals surface area contributed by atoms with E-state index in [0.717, 1.165) is 22.1 Å². The topological polar surface area (TPSA) is 68.3 Å². The van der Waals surface area contributed by atoms with Crippen LogP contribution in [0.25, 0.3) is 10.8 Å². The smallest absolute Gasteiger partial charge is 0.490 e. The minimum absolute atomic E-state index is 0.137. The number of halogens is 3. The van der Waals surface area contributed by atoms with Gasteiger partial charge in [-0.05, 0) is 66.3 Å². The standard InChI is InChI=1S/C33H37F3N2O5/c1-22(2)21-42-28-7-5-4-6-26(28)20-38-17-14-32(30(38)43-31(40)33(34,35)36)12-15-37(16-13-32)29(39)25-9-8-24-19-27(41-3)11-10-23(24)18-25/h4-11,18-19,22,30H,12-17,20-21H2,1-3H3. The Hall–Kier alpha value is -3.79. The number of amides is 1. The molecule has 230 valence electrons. The van der Waals surface area contributed by atoms with Crippen LogP contribution in [0.5, 0.6) is 11.5 Å². The van der Waals surface area contributed by atoms with E-state index in [4.69, 9.17) is 14.2 Å². The van der Waals surface area contributed by atoms with Gasteiger partial charge in [-0.1, -0.05) is 44.2 Å². The first-order valence-electron chi connectivity index (χ1n) is 14.6. The number of carbonyl (C=O) groups is 2. The molecule has 1 amide bonds. The molecule has 0 saturated carbocycles. The van der Waals surface area contributed by atoms with Gasteiger partial charge in [0.25, 0.3) is 5.91 Å². The Kier molecular flexibility index (Phi) is 8.87. The summed E-state index contributed by atoms with van der Waals surface area (Å²) in [4.78, 5) is 29.1. The Morgan fingerprint density at radius 2 is 1.63 bits per heavy atom. The van der Waals surface area contributed by atoms with Crippen LogP contribution in [0, 0.1) is 11.3 Å². The highest BCUT2D eigenvalue weighted by atomic mass is 19.4. The molecule has 2 aliphatic rings.